The summed E-state index contributed by atoms with van der Waals surface area (Å²) in [5.41, 5.74) is 1.49. The molecule has 0 heterocycles. The Morgan fingerprint density at radius 1 is 1.00 bits per heavy atom. The van der Waals surface area contributed by atoms with Gasteiger partial charge in [0.05, 0.1) is 0 Å². The molecule has 0 aliphatic rings. The highest BCUT2D eigenvalue weighted by Crippen LogP contribution is 2.29. The zero-order chi connectivity index (χ0) is 19.9. The summed E-state index contributed by atoms with van der Waals surface area (Å²) in [6.07, 6.45) is 2.07. The van der Waals surface area contributed by atoms with Gasteiger partial charge in [0.1, 0.15) is 23.1 Å². The Morgan fingerprint density at radius 2 is 1.71 bits per heavy atom. The number of phenolic OH excluding ortho intramolecular Hbond substituents is 2. The highest BCUT2D eigenvalue weighted by Gasteiger charge is 2.11. The van der Waals surface area contributed by atoms with Crippen LogP contribution in [-0.4, -0.2) is 22.7 Å². The van der Waals surface area contributed by atoms with E-state index < -0.39 is 5.91 Å². The number of benzene rings is 3. The minimum atomic E-state index is -0.532. The second kappa shape index (κ2) is 8.60. The number of aromatic hydroxyl groups is 2. The molecule has 0 unspecified atom stereocenters. The predicted molar refractivity (Wildman–Crippen MR) is 108 cm³/mol. The first-order chi connectivity index (χ1) is 13.6. The standard InChI is InChI=1S/C22H19N3O3/c23-13-16(14-24-12-11-15-7-9-17(26)10-8-15)22(28)25-20-5-1-4-19-18(20)3-2-6-21(19)27/h1-10,14,24,26-27H,11-12H2,(H,25,28)/b16-14-. The molecule has 0 radical (unpaired) electrons. The van der Waals surface area contributed by atoms with Crippen LogP contribution in [0.5, 0.6) is 11.5 Å². The topological polar surface area (TPSA) is 105 Å². The van der Waals surface area contributed by atoms with Crippen molar-refractivity contribution in [2.24, 2.45) is 0 Å². The molecular formula is C22H19N3O3. The Kier molecular flexibility index (Phi) is 5.78. The van der Waals surface area contributed by atoms with Crippen molar-refractivity contribution in [3.8, 4) is 17.6 Å². The smallest absolute Gasteiger partial charge is 0.267 e. The van der Waals surface area contributed by atoms with Gasteiger partial charge in [-0.1, -0.05) is 36.4 Å². The lowest BCUT2D eigenvalue weighted by atomic mass is 10.1. The van der Waals surface area contributed by atoms with Crippen molar-refractivity contribution in [3.05, 3.63) is 78.0 Å². The summed E-state index contributed by atoms with van der Waals surface area (Å²) >= 11 is 0. The van der Waals surface area contributed by atoms with Gasteiger partial charge in [-0.05, 0) is 36.2 Å². The molecule has 0 aliphatic heterocycles. The fourth-order valence-electron chi connectivity index (χ4n) is 2.79. The first-order valence-electron chi connectivity index (χ1n) is 8.72. The van der Waals surface area contributed by atoms with Crippen LogP contribution < -0.4 is 10.6 Å². The van der Waals surface area contributed by atoms with Gasteiger partial charge in [-0.25, -0.2) is 0 Å². The van der Waals surface area contributed by atoms with Crippen molar-refractivity contribution in [2.45, 2.75) is 6.42 Å². The number of carbonyl (C=O) groups is 1. The maximum Gasteiger partial charge on any atom is 0.267 e. The molecule has 0 saturated heterocycles. The third kappa shape index (κ3) is 4.40. The molecule has 3 aromatic rings. The number of carbonyl (C=O) groups excluding carboxylic acids is 1. The predicted octanol–water partition coefficient (Wildman–Crippen LogP) is 3.43. The normalized spacial score (nSPS) is 11.0. The van der Waals surface area contributed by atoms with Gasteiger partial charge >= 0.3 is 0 Å². The average Bonchev–Trinajstić information content (AvgIpc) is 2.70. The second-order valence-corrected chi connectivity index (χ2v) is 6.17. The Hall–Kier alpha value is -3.98. The Labute approximate surface area is 162 Å². The first kappa shape index (κ1) is 18.8. The maximum absolute atomic E-state index is 12.4. The Balaban J connectivity index is 1.65. The third-order valence-corrected chi connectivity index (χ3v) is 4.25. The highest BCUT2D eigenvalue weighted by molar-refractivity contribution is 6.11. The largest absolute Gasteiger partial charge is 0.508 e. The number of hydrogen-bond acceptors (Lipinski definition) is 5. The van der Waals surface area contributed by atoms with Crippen molar-refractivity contribution >= 4 is 22.4 Å². The van der Waals surface area contributed by atoms with E-state index in [1.807, 2.05) is 18.2 Å². The van der Waals surface area contributed by atoms with Gasteiger partial charge in [-0.15, -0.1) is 0 Å². The number of phenols is 2. The van der Waals surface area contributed by atoms with Crippen LogP contribution in [0.1, 0.15) is 5.56 Å². The van der Waals surface area contributed by atoms with Crippen LogP contribution in [0.15, 0.2) is 72.4 Å². The summed E-state index contributed by atoms with van der Waals surface area (Å²) in [5.74, 6) is -0.196. The number of nitrogens with zero attached hydrogens (tertiary/aromatic N) is 1. The molecule has 0 bridgehead atoms. The zero-order valence-electron chi connectivity index (χ0n) is 15.0. The van der Waals surface area contributed by atoms with E-state index in [4.69, 9.17) is 0 Å². The lowest BCUT2D eigenvalue weighted by molar-refractivity contribution is -0.112. The Bertz CT molecular complexity index is 1070. The van der Waals surface area contributed by atoms with Gasteiger partial charge in [0.2, 0.25) is 0 Å². The van der Waals surface area contributed by atoms with E-state index in [2.05, 4.69) is 10.6 Å². The molecule has 4 N–H and O–H groups in total. The van der Waals surface area contributed by atoms with Crippen LogP contribution in [0, 0.1) is 11.3 Å². The summed E-state index contributed by atoms with van der Waals surface area (Å²) in [6, 6.07) is 19.0. The molecule has 0 aliphatic carbocycles. The zero-order valence-corrected chi connectivity index (χ0v) is 15.0. The molecule has 0 aromatic heterocycles. The second-order valence-electron chi connectivity index (χ2n) is 6.17. The lowest BCUT2D eigenvalue weighted by Gasteiger charge is -2.09. The molecule has 0 fully saturated rings. The van der Waals surface area contributed by atoms with Crippen LogP contribution in [0.4, 0.5) is 5.69 Å². The minimum absolute atomic E-state index is 0.0529. The summed E-state index contributed by atoms with van der Waals surface area (Å²) in [4.78, 5) is 12.4. The molecular weight excluding hydrogens is 354 g/mol. The van der Waals surface area contributed by atoms with E-state index in [0.29, 0.717) is 29.4 Å². The van der Waals surface area contributed by atoms with E-state index in [1.165, 1.54) is 6.20 Å². The van der Waals surface area contributed by atoms with Gasteiger partial charge < -0.3 is 20.8 Å². The SMILES string of the molecule is N#C/C(=C/NCCc1ccc(O)cc1)C(=O)Nc1cccc2c(O)cccc12. The van der Waals surface area contributed by atoms with Crippen LogP contribution in [0.2, 0.25) is 0 Å². The molecule has 3 rings (SSSR count). The number of nitriles is 1. The quantitative estimate of drug-likeness (QED) is 0.301. The van der Waals surface area contributed by atoms with E-state index in [1.54, 1.807) is 48.5 Å². The van der Waals surface area contributed by atoms with Crippen LogP contribution >= 0.6 is 0 Å². The molecule has 0 atom stereocenters. The van der Waals surface area contributed by atoms with Crippen molar-refractivity contribution < 1.29 is 15.0 Å². The molecule has 28 heavy (non-hydrogen) atoms. The number of rotatable bonds is 6. The monoisotopic (exact) mass is 373 g/mol. The molecule has 6 heteroatoms. The molecule has 0 saturated carbocycles. The van der Waals surface area contributed by atoms with Gasteiger partial charge in [-0.2, -0.15) is 5.26 Å². The highest BCUT2D eigenvalue weighted by atomic mass is 16.3. The van der Waals surface area contributed by atoms with Gasteiger partial charge in [0.25, 0.3) is 5.91 Å². The van der Waals surface area contributed by atoms with Crippen molar-refractivity contribution in [1.82, 2.24) is 5.32 Å². The third-order valence-electron chi connectivity index (χ3n) is 4.25. The Morgan fingerprint density at radius 3 is 2.46 bits per heavy atom. The van der Waals surface area contributed by atoms with Gasteiger partial charge in [0.15, 0.2) is 0 Å². The van der Waals surface area contributed by atoms with Gasteiger partial charge in [-0.3, -0.25) is 4.79 Å². The molecule has 1 amide bonds. The molecule has 0 spiro atoms. The van der Waals surface area contributed by atoms with Crippen molar-refractivity contribution in [1.29, 1.82) is 5.26 Å². The lowest BCUT2D eigenvalue weighted by Crippen LogP contribution is -2.18. The van der Waals surface area contributed by atoms with Gasteiger partial charge in [0, 0.05) is 29.2 Å². The number of fused-ring (bicyclic) bond motifs is 1. The molecule has 140 valence electrons. The summed E-state index contributed by atoms with van der Waals surface area (Å²) in [6.45, 7) is 0.533. The van der Waals surface area contributed by atoms with Crippen molar-refractivity contribution in [3.63, 3.8) is 0 Å². The summed E-state index contributed by atoms with van der Waals surface area (Å²) in [7, 11) is 0. The van der Waals surface area contributed by atoms with Crippen molar-refractivity contribution in [2.75, 3.05) is 11.9 Å². The number of anilines is 1. The summed E-state index contributed by atoms with van der Waals surface area (Å²) < 4.78 is 0. The van der Waals surface area contributed by atoms with Crippen LogP contribution in [0.25, 0.3) is 10.8 Å². The maximum atomic E-state index is 12.4. The average molecular weight is 373 g/mol. The van der Waals surface area contributed by atoms with E-state index in [-0.39, 0.29) is 17.1 Å². The first-order valence-corrected chi connectivity index (χ1v) is 8.72. The van der Waals surface area contributed by atoms with E-state index in [9.17, 15) is 20.3 Å². The minimum Gasteiger partial charge on any atom is -0.508 e. The fourth-order valence-corrected chi connectivity index (χ4v) is 2.79. The molecule has 6 nitrogen and oxygen atoms in total. The summed E-state index contributed by atoms with van der Waals surface area (Å²) in [5, 5.41) is 35.5. The number of nitrogens with one attached hydrogen (secondary N) is 2. The fraction of sp³-hybridized carbons (Fsp3) is 0.0909. The molecule has 3 aromatic carbocycles. The van der Waals surface area contributed by atoms with Crippen LogP contribution in [0.3, 0.4) is 0 Å². The van der Waals surface area contributed by atoms with E-state index in [0.717, 1.165) is 5.56 Å². The number of hydrogen-bond donors (Lipinski definition) is 4. The van der Waals surface area contributed by atoms with E-state index >= 15 is 0 Å². The number of amides is 1. The van der Waals surface area contributed by atoms with Crippen LogP contribution in [-0.2, 0) is 11.2 Å².